The maximum atomic E-state index is 11.9. The molecule has 1 fully saturated rings. The quantitative estimate of drug-likeness (QED) is 0.644. The molecule has 1 heterocycles. The van der Waals surface area contributed by atoms with E-state index in [2.05, 4.69) is 5.32 Å². The molecule has 0 radical (unpaired) electrons. The lowest BCUT2D eigenvalue weighted by Crippen LogP contribution is -2.33. The van der Waals surface area contributed by atoms with Gasteiger partial charge in [0.15, 0.2) is 0 Å². The van der Waals surface area contributed by atoms with Gasteiger partial charge in [-0.1, -0.05) is 13.8 Å². The maximum absolute atomic E-state index is 11.9. The van der Waals surface area contributed by atoms with Crippen molar-refractivity contribution in [2.24, 2.45) is 11.8 Å². The normalized spacial score (nSPS) is 21.7. The van der Waals surface area contributed by atoms with Crippen molar-refractivity contribution in [2.75, 3.05) is 17.6 Å². The Morgan fingerprint density at radius 2 is 1.67 bits per heavy atom. The standard InChI is InChI=1S/C15H19N3O3/c1-9-10(2)15(21)18(14(9)20)8-7-13(19)17-12-5-3-11(16)4-6-12/h3-6,9-10H,7-8,16H2,1-2H3,(H,17,19). The summed E-state index contributed by atoms with van der Waals surface area (Å²) in [5.41, 5.74) is 6.81. The van der Waals surface area contributed by atoms with Crippen molar-refractivity contribution in [1.29, 1.82) is 0 Å². The average Bonchev–Trinajstić information content (AvgIpc) is 2.64. The summed E-state index contributed by atoms with van der Waals surface area (Å²) in [7, 11) is 0. The molecule has 6 nitrogen and oxygen atoms in total. The minimum atomic E-state index is -0.308. The minimum absolute atomic E-state index is 0.0846. The van der Waals surface area contributed by atoms with E-state index in [1.807, 2.05) is 0 Å². The zero-order valence-corrected chi connectivity index (χ0v) is 12.1. The van der Waals surface area contributed by atoms with Gasteiger partial charge in [0.1, 0.15) is 0 Å². The zero-order valence-electron chi connectivity index (χ0n) is 12.1. The Morgan fingerprint density at radius 3 is 2.19 bits per heavy atom. The number of hydrogen-bond donors (Lipinski definition) is 2. The largest absolute Gasteiger partial charge is 0.399 e. The highest BCUT2D eigenvalue weighted by molar-refractivity contribution is 6.05. The van der Waals surface area contributed by atoms with E-state index in [0.717, 1.165) is 0 Å². The van der Waals surface area contributed by atoms with Crippen LogP contribution in [-0.2, 0) is 14.4 Å². The number of amides is 3. The van der Waals surface area contributed by atoms with E-state index < -0.39 is 0 Å². The number of hydrogen-bond acceptors (Lipinski definition) is 4. The maximum Gasteiger partial charge on any atom is 0.232 e. The smallest absolute Gasteiger partial charge is 0.232 e. The number of nitrogens with two attached hydrogens (primary N) is 1. The van der Waals surface area contributed by atoms with E-state index in [4.69, 9.17) is 5.73 Å². The molecule has 0 bridgehead atoms. The number of carbonyl (C=O) groups is 3. The third-order valence-electron chi connectivity index (χ3n) is 3.82. The first-order valence-corrected chi connectivity index (χ1v) is 6.90. The van der Waals surface area contributed by atoms with Crippen molar-refractivity contribution in [3.05, 3.63) is 24.3 Å². The minimum Gasteiger partial charge on any atom is -0.399 e. The molecule has 1 aliphatic rings. The molecule has 3 amide bonds. The van der Waals surface area contributed by atoms with Gasteiger partial charge < -0.3 is 11.1 Å². The lowest BCUT2D eigenvalue weighted by atomic mass is 10.00. The number of nitrogens with one attached hydrogen (secondary N) is 1. The van der Waals surface area contributed by atoms with Gasteiger partial charge in [-0.3, -0.25) is 19.3 Å². The highest BCUT2D eigenvalue weighted by Crippen LogP contribution is 2.25. The van der Waals surface area contributed by atoms with Crippen molar-refractivity contribution >= 4 is 29.1 Å². The third-order valence-corrected chi connectivity index (χ3v) is 3.82. The second-order valence-corrected chi connectivity index (χ2v) is 5.33. The molecule has 2 rings (SSSR count). The molecule has 0 aromatic heterocycles. The lowest BCUT2D eigenvalue weighted by Gasteiger charge is -2.14. The zero-order chi connectivity index (χ0) is 15.6. The van der Waals surface area contributed by atoms with Crippen LogP contribution in [0, 0.1) is 11.8 Å². The summed E-state index contributed by atoms with van der Waals surface area (Å²) < 4.78 is 0. The molecule has 6 heteroatoms. The molecule has 2 unspecified atom stereocenters. The Hall–Kier alpha value is -2.37. The fourth-order valence-electron chi connectivity index (χ4n) is 2.25. The molecule has 2 atom stereocenters. The van der Waals surface area contributed by atoms with Crippen LogP contribution in [0.15, 0.2) is 24.3 Å². The number of rotatable bonds is 4. The fourth-order valence-corrected chi connectivity index (χ4v) is 2.25. The highest BCUT2D eigenvalue weighted by Gasteiger charge is 2.41. The number of nitrogen functional groups attached to an aromatic ring is 1. The molecule has 21 heavy (non-hydrogen) atoms. The Morgan fingerprint density at radius 1 is 1.14 bits per heavy atom. The molecular formula is C15H19N3O3. The van der Waals surface area contributed by atoms with Gasteiger partial charge in [-0.15, -0.1) is 0 Å². The lowest BCUT2D eigenvalue weighted by molar-refractivity contribution is -0.139. The number of nitrogens with zero attached hydrogens (tertiary/aromatic N) is 1. The van der Waals surface area contributed by atoms with Crippen molar-refractivity contribution in [3.63, 3.8) is 0 Å². The van der Waals surface area contributed by atoms with Crippen LogP contribution in [-0.4, -0.2) is 29.2 Å². The summed E-state index contributed by atoms with van der Waals surface area (Å²) in [6, 6.07) is 6.77. The summed E-state index contributed by atoms with van der Waals surface area (Å²) in [5, 5.41) is 2.70. The molecule has 1 aromatic carbocycles. The van der Waals surface area contributed by atoms with E-state index >= 15 is 0 Å². The third kappa shape index (κ3) is 3.21. The van der Waals surface area contributed by atoms with Crippen molar-refractivity contribution in [2.45, 2.75) is 20.3 Å². The Bertz CT molecular complexity index is 548. The SMILES string of the molecule is CC1C(=O)N(CCC(=O)Nc2ccc(N)cc2)C(=O)C1C. The second kappa shape index (κ2) is 5.95. The Kier molecular flexibility index (Phi) is 4.26. The van der Waals surface area contributed by atoms with Gasteiger partial charge in [0.05, 0.1) is 0 Å². The number of carbonyl (C=O) groups excluding carboxylic acids is 3. The van der Waals surface area contributed by atoms with Crippen LogP contribution in [0.5, 0.6) is 0 Å². The summed E-state index contributed by atoms with van der Waals surface area (Å²) >= 11 is 0. The molecule has 1 aromatic rings. The molecule has 0 aliphatic carbocycles. The van der Waals surface area contributed by atoms with Crippen LogP contribution in [0.4, 0.5) is 11.4 Å². The van der Waals surface area contributed by atoms with Gasteiger partial charge in [-0.2, -0.15) is 0 Å². The topological polar surface area (TPSA) is 92.5 Å². The van der Waals surface area contributed by atoms with Crippen LogP contribution >= 0.6 is 0 Å². The molecular weight excluding hydrogens is 270 g/mol. The number of likely N-dealkylation sites (tertiary alicyclic amines) is 1. The van der Waals surface area contributed by atoms with Gasteiger partial charge in [0.25, 0.3) is 0 Å². The number of imide groups is 1. The van der Waals surface area contributed by atoms with Crippen molar-refractivity contribution in [1.82, 2.24) is 4.90 Å². The summed E-state index contributed by atoms with van der Waals surface area (Å²) in [6.07, 6.45) is 0.0846. The molecule has 0 saturated carbocycles. The predicted octanol–water partition coefficient (Wildman–Crippen LogP) is 1.24. The van der Waals surface area contributed by atoms with Gasteiger partial charge >= 0.3 is 0 Å². The van der Waals surface area contributed by atoms with Crippen LogP contribution in [0.3, 0.4) is 0 Å². The van der Waals surface area contributed by atoms with E-state index in [0.29, 0.717) is 11.4 Å². The average molecular weight is 289 g/mol. The first-order valence-electron chi connectivity index (χ1n) is 6.90. The number of anilines is 2. The van der Waals surface area contributed by atoms with E-state index in [1.165, 1.54) is 4.90 Å². The van der Waals surface area contributed by atoms with Gasteiger partial charge in [-0.25, -0.2) is 0 Å². The van der Waals surface area contributed by atoms with Crippen molar-refractivity contribution in [3.8, 4) is 0 Å². The molecule has 1 aliphatic heterocycles. The Labute approximate surface area is 123 Å². The van der Waals surface area contributed by atoms with Gasteiger partial charge in [0.2, 0.25) is 17.7 Å². The van der Waals surface area contributed by atoms with E-state index in [9.17, 15) is 14.4 Å². The summed E-state index contributed by atoms with van der Waals surface area (Å²) in [4.78, 5) is 36.8. The molecule has 112 valence electrons. The van der Waals surface area contributed by atoms with Crippen LogP contribution < -0.4 is 11.1 Å². The highest BCUT2D eigenvalue weighted by atomic mass is 16.2. The van der Waals surface area contributed by atoms with Gasteiger partial charge in [-0.05, 0) is 24.3 Å². The van der Waals surface area contributed by atoms with Crippen LogP contribution in [0.1, 0.15) is 20.3 Å². The predicted molar refractivity (Wildman–Crippen MR) is 79.1 cm³/mol. The fraction of sp³-hybridized carbons (Fsp3) is 0.400. The second-order valence-electron chi connectivity index (χ2n) is 5.33. The monoisotopic (exact) mass is 289 g/mol. The van der Waals surface area contributed by atoms with Crippen LogP contribution in [0.2, 0.25) is 0 Å². The van der Waals surface area contributed by atoms with E-state index in [1.54, 1.807) is 38.1 Å². The van der Waals surface area contributed by atoms with Crippen LogP contribution in [0.25, 0.3) is 0 Å². The summed E-state index contributed by atoms with van der Waals surface area (Å²) in [6.45, 7) is 3.59. The molecule has 1 saturated heterocycles. The Balaban J connectivity index is 1.88. The van der Waals surface area contributed by atoms with Gasteiger partial charge in [0, 0.05) is 36.2 Å². The summed E-state index contributed by atoms with van der Waals surface area (Å²) in [5.74, 6) is -1.26. The molecule has 0 spiro atoms. The van der Waals surface area contributed by atoms with Crippen molar-refractivity contribution < 1.29 is 14.4 Å². The van der Waals surface area contributed by atoms with E-state index in [-0.39, 0.29) is 42.5 Å². The molecule has 3 N–H and O–H groups in total. The number of benzene rings is 1. The first kappa shape index (κ1) is 15.0. The first-order chi connectivity index (χ1) is 9.90.